The number of hydrogen-bond donors (Lipinski definition) is 0. The van der Waals surface area contributed by atoms with Gasteiger partial charge in [0.05, 0.1) is 4.92 Å². The quantitative estimate of drug-likeness (QED) is 0.603. The molecule has 0 aliphatic carbocycles. The molecule has 1 amide bonds. The molecule has 26 heavy (non-hydrogen) atoms. The fourth-order valence-corrected chi connectivity index (χ4v) is 3.46. The van der Waals surface area contributed by atoms with Crippen LogP contribution in [0.25, 0.3) is 0 Å². The third-order valence-corrected chi connectivity index (χ3v) is 4.95. The van der Waals surface area contributed by atoms with Gasteiger partial charge < -0.3 is 4.90 Å². The molecule has 6 heteroatoms. The maximum Gasteiger partial charge on any atom is 0.273 e. The fraction of sp³-hybridized carbons (Fsp3) is 0.350. The first-order valence-electron chi connectivity index (χ1n) is 8.75. The van der Waals surface area contributed by atoms with Crippen LogP contribution in [0.4, 0.5) is 10.1 Å². The second kappa shape index (κ2) is 7.64. The zero-order valence-corrected chi connectivity index (χ0v) is 14.7. The minimum Gasteiger partial charge on any atom is -0.338 e. The van der Waals surface area contributed by atoms with Crippen molar-refractivity contribution in [3.8, 4) is 0 Å². The number of halogens is 1. The highest BCUT2D eigenvalue weighted by Crippen LogP contribution is 2.28. The molecule has 2 aromatic rings. The maximum atomic E-state index is 13.2. The monoisotopic (exact) mass is 356 g/mol. The summed E-state index contributed by atoms with van der Waals surface area (Å²) in [7, 11) is 0. The molecule has 1 unspecified atom stereocenters. The first-order chi connectivity index (χ1) is 12.5. The van der Waals surface area contributed by atoms with Crippen molar-refractivity contribution < 1.29 is 14.1 Å². The SMILES string of the molecule is Cc1ccc(C(=O)N2CCCCC(c3ccc(F)cc3)C2)cc1[N+](=O)[O-]. The van der Waals surface area contributed by atoms with E-state index in [-0.39, 0.29) is 23.3 Å². The van der Waals surface area contributed by atoms with E-state index in [1.54, 1.807) is 36.1 Å². The average molecular weight is 356 g/mol. The van der Waals surface area contributed by atoms with Gasteiger partial charge in [0, 0.05) is 36.2 Å². The molecule has 1 atom stereocenters. The number of nitrogens with zero attached hydrogens (tertiary/aromatic N) is 2. The Labute approximate surface area is 151 Å². The summed E-state index contributed by atoms with van der Waals surface area (Å²) in [6.45, 7) is 2.81. The summed E-state index contributed by atoms with van der Waals surface area (Å²) in [5, 5.41) is 11.1. The molecule has 0 N–H and O–H groups in total. The largest absolute Gasteiger partial charge is 0.338 e. The van der Waals surface area contributed by atoms with Gasteiger partial charge in [-0.1, -0.05) is 24.6 Å². The number of amides is 1. The molecule has 0 aromatic heterocycles. The minimum absolute atomic E-state index is 0.0410. The molecule has 3 rings (SSSR count). The van der Waals surface area contributed by atoms with Crippen molar-refractivity contribution in [1.82, 2.24) is 4.90 Å². The van der Waals surface area contributed by atoms with E-state index in [1.807, 2.05) is 0 Å². The molecule has 1 heterocycles. The Balaban J connectivity index is 1.83. The highest BCUT2D eigenvalue weighted by molar-refractivity contribution is 5.95. The number of carbonyl (C=O) groups excluding carboxylic acids is 1. The summed E-state index contributed by atoms with van der Waals surface area (Å²) in [6, 6.07) is 11.0. The molecular formula is C20H21FN2O3. The lowest BCUT2D eigenvalue weighted by molar-refractivity contribution is -0.385. The van der Waals surface area contributed by atoms with Crippen LogP contribution in [0.5, 0.6) is 0 Å². The van der Waals surface area contributed by atoms with E-state index >= 15 is 0 Å². The first kappa shape index (κ1) is 18.0. The van der Waals surface area contributed by atoms with E-state index in [9.17, 15) is 19.3 Å². The normalized spacial score (nSPS) is 17.6. The van der Waals surface area contributed by atoms with Gasteiger partial charge in [-0.25, -0.2) is 4.39 Å². The van der Waals surface area contributed by atoms with Gasteiger partial charge in [0.15, 0.2) is 0 Å². The molecule has 0 radical (unpaired) electrons. The second-order valence-electron chi connectivity index (χ2n) is 6.75. The van der Waals surface area contributed by atoms with E-state index in [4.69, 9.17) is 0 Å². The van der Waals surface area contributed by atoms with Crippen LogP contribution in [-0.2, 0) is 0 Å². The first-order valence-corrected chi connectivity index (χ1v) is 8.75. The van der Waals surface area contributed by atoms with E-state index in [0.717, 1.165) is 24.8 Å². The van der Waals surface area contributed by atoms with Crippen molar-refractivity contribution in [1.29, 1.82) is 0 Å². The highest BCUT2D eigenvalue weighted by Gasteiger charge is 2.25. The van der Waals surface area contributed by atoms with Gasteiger partial charge in [0.2, 0.25) is 0 Å². The molecular weight excluding hydrogens is 335 g/mol. The summed E-state index contributed by atoms with van der Waals surface area (Å²) in [6.07, 6.45) is 2.81. The molecule has 136 valence electrons. The molecule has 0 spiro atoms. The predicted octanol–water partition coefficient (Wildman–Crippen LogP) is 4.45. The highest BCUT2D eigenvalue weighted by atomic mass is 19.1. The summed E-state index contributed by atoms with van der Waals surface area (Å²) >= 11 is 0. The van der Waals surface area contributed by atoms with Gasteiger partial charge in [-0.15, -0.1) is 0 Å². The van der Waals surface area contributed by atoms with E-state index < -0.39 is 4.92 Å². The molecule has 1 fully saturated rings. The molecule has 1 aliphatic rings. The van der Waals surface area contributed by atoms with E-state index in [1.165, 1.54) is 18.2 Å². The number of nitro benzene ring substituents is 1. The van der Waals surface area contributed by atoms with E-state index in [2.05, 4.69) is 0 Å². The Kier molecular flexibility index (Phi) is 5.30. The Morgan fingerprint density at radius 2 is 1.92 bits per heavy atom. The van der Waals surface area contributed by atoms with Crippen LogP contribution in [0.2, 0.25) is 0 Å². The number of aryl methyl sites for hydroxylation is 1. The molecule has 0 bridgehead atoms. The number of benzene rings is 2. The Morgan fingerprint density at radius 1 is 1.19 bits per heavy atom. The van der Waals surface area contributed by atoms with Gasteiger partial charge in [0.1, 0.15) is 5.82 Å². The van der Waals surface area contributed by atoms with Gasteiger partial charge in [-0.05, 0) is 43.5 Å². The van der Waals surface area contributed by atoms with Crippen molar-refractivity contribution >= 4 is 11.6 Å². The standard InChI is InChI=1S/C20H21FN2O3/c1-14-5-6-16(12-19(14)23(25)26)20(24)22-11-3-2-4-17(13-22)15-7-9-18(21)10-8-15/h5-10,12,17H,2-4,11,13H2,1H3. The summed E-state index contributed by atoms with van der Waals surface area (Å²) in [5.74, 6) is -0.327. The lowest BCUT2D eigenvalue weighted by Gasteiger charge is -2.25. The molecule has 5 nitrogen and oxygen atoms in total. The third-order valence-electron chi connectivity index (χ3n) is 4.95. The van der Waals surface area contributed by atoms with Crippen LogP contribution in [0.15, 0.2) is 42.5 Å². The van der Waals surface area contributed by atoms with Crippen LogP contribution in [0.1, 0.15) is 46.7 Å². The number of nitro groups is 1. The van der Waals surface area contributed by atoms with Gasteiger partial charge in [-0.2, -0.15) is 0 Å². The summed E-state index contributed by atoms with van der Waals surface area (Å²) in [4.78, 5) is 25.4. The minimum atomic E-state index is -0.462. The van der Waals surface area contributed by atoms with Gasteiger partial charge in [0.25, 0.3) is 11.6 Å². The van der Waals surface area contributed by atoms with Crippen molar-refractivity contribution in [2.24, 2.45) is 0 Å². The lowest BCUT2D eigenvalue weighted by atomic mass is 9.94. The molecule has 0 saturated carbocycles. The average Bonchev–Trinajstić information content (AvgIpc) is 2.88. The van der Waals surface area contributed by atoms with Crippen LogP contribution in [0, 0.1) is 22.9 Å². The van der Waals surface area contributed by atoms with Gasteiger partial charge in [-0.3, -0.25) is 14.9 Å². The lowest BCUT2D eigenvalue weighted by Crippen LogP contribution is -2.34. The van der Waals surface area contributed by atoms with Crippen LogP contribution >= 0.6 is 0 Å². The number of hydrogen-bond acceptors (Lipinski definition) is 3. The summed E-state index contributed by atoms with van der Waals surface area (Å²) < 4.78 is 13.2. The zero-order chi connectivity index (χ0) is 18.7. The Morgan fingerprint density at radius 3 is 2.62 bits per heavy atom. The van der Waals surface area contributed by atoms with Crippen molar-refractivity contribution in [3.63, 3.8) is 0 Å². The Hall–Kier alpha value is -2.76. The maximum absolute atomic E-state index is 13.2. The smallest absolute Gasteiger partial charge is 0.273 e. The fourth-order valence-electron chi connectivity index (χ4n) is 3.46. The predicted molar refractivity (Wildman–Crippen MR) is 96.7 cm³/mol. The number of rotatable bonds is 3. The van der Waals surface area contributed by atoms with Crippen LogP contribution in [-0.4, -0.2) is 28.8 Å². The number of carbonyl (C=O) groups is 1. The van der Waals surface area contributed by atoms with Crippen molar-refractivity contribution in [2.75, 3.05) is 13.1 Å². The van der Waals surface area contributed by atoms with Crippen LogP contribution < -0.4 is 0 Å². The van der Waals surface area contributed by atoms with E-state index in [0.29, 0.717) is 24.2 Å². The molecule has 1 aliphatic heterocycles. The second-order valence-corrected chi connectivity index (χ2v) is 6.75. The number of likely N-dealkylation sites (tertiary alicyclic amines) is 1. The van der Waals surface area contributed by atoms with Crippen LogP contribution in [0.3, 0.4) is 0 Å². The Bertz CT molecular complexity index is 820. The van der Waals surface area contributed by atoms with Gasteiger partial charge >= 0.3 is 0 Å². The zero-order valence-electron chi connectivity index (χ0n) is 14.7. The molecule has 2 aromatic carbocycles. The summed E-state index contributed by atoms with van der Waals surface area (Å²) in [5.41, 5.74) is 1.84. The van der Waals surface area contributed by atoms with Crippen molar-refractivity contribution in [2.45, 2.75) is 32.1 Å². The van der Waals surface area contributed by atoms with Crippen molar-refractivity contribution in [3.05, 3.63) is 75.1 Å². The molecule has 1 saturated heterocycles. The third kappa shape index (κ3) is 3.90. The topological polar surface area (TPSA) is 63.5 Å².